The molecule has 0 aliphatic carbocycles. The van der Waals surface area contributed by atoms with Crippen molar-refractivity contribution in [3.63, 3.8) is 0 Å². The number of amides is 2. The van der Waals surface area contributed by atoms with E-state index in [1.54, 1.807) is 29.2 Å². The number of hydrogen-bond acceptors (Lipinski definition) is 5. The molecular weight excluding hydrogens is 389 g/mol. The van der Waals surface area contributed by atoms with Crippen molar-refractivity contribution < 1.29 is 23.5 Å². The number of carbonyl (C=O) groups is 3. The number of nitrogens with zero attached hydrogens (tertiary/aromatic N) is 2. The highest BCUT2D eigenvalue weighted by Gasteiger charge is 2.27. The summed E-state index contributed by atoms with van der Waals surface area (Å²) in [7, 11) is 1.32. The van der Waals surface area contributed by atoms with Gasteiger partial charge in [0.1, 0.15) is 5.82 Å². The molecule has 1 fully saturated rings. The van der Waals surface area contributed by atoms with E-state index < -0.39 is 5.97 Å². The molecule has 1 heterocycles. The van der Waals surface area contributed by atoms with Crippen molar-refractivity contribution in [3.05, 3.63) is 71.0 Å². The fourth-order valence-corrected chi connectivity index (χ4v) is 3.20. The van der Waals surface area contributed by atoms with Crippen LogP contribution in [0.5, 0.6) is 0 Å². The highest BCUT2D eigenvalue weighted by atomic mass is 19.1. The van der Waals surface area contributed by atoms with Crippen molar-refractivity contribution in [2.75, 3.05) is 20.2 Å². The molecule has 1 aliphatic heterocycles. The second kappa shape index (κ2) is 9.78. The van der Waals surface area contributed by atoms with E-state index in [1.807, 2.05) is 0 Å². The third-order valence-corrected chi connectivity index (χ3v) is 4.96. The summed E-state index contributed by atoms with van der Waals surface area (Å²) in [5, 5.41) is 3.96. The summed E-state index contributed by atoms with van der Waals surface area (Å²) < 4.78 is 17.6. The van der Waals surface area contributed by atoms with Crippen molar-refractivity contribution in [3.8, 4) is 0 Å². The van der Waals surface area contributed by atoms with E-state index in [-0.39, 0.29) is 23.5 Å². The average molecular weight is 411 g/mol. The number of ether oxygens (including phenoxy) is 1. The molecule has 1 saturated heterocycles. The van der Waals surface area contributed by atoms with Crippen molar-refractivity contribution in [1.82, 2.24) is 10.3 Å². The number of nitrogens with one attached hydrogen (secondary N) is 1. The van der Waals surface area contributed by atoms with Crippen LogP contribution in [0, 0.1) is 11.7 Å². The first-order chi connectivity index (χ1) is 14.5. The Morgan fingerprint density at radius 3 is 2.23 bits per heavy atom. The number of esters is 1. The van der Waals surface area contributed by atoms with E-state index in [1.165, 1.54) is 37.6 Å². The lowest BCUT2D eigenvalue weighted by atomic mass is 9.95. The summed E-state index contributed by atoms with van der Waals surface area (Å²) in [6, 6.07) is 12.1. The number of halogens is 1. The van der Waals surface area contributed by atoms with Gasteiger partial charge in [0.15, 0.2) is 0 Å². The number of carbonyl (C=O) groups excluding carboxylic acids is 3. The third kappa shape index (κ3) is 5.28. The Balaban J connectivity index is 1.47. The largest absolute Gasteiger partial charge is 0.465 e. The van der Waals surface area contributed by atoms with Gasteiger partial charge in [-0.1, -0.05) is 12.1 Å². The Bertz CT molecular complexity index is 934. The van der Waals surface area contributed by atoms with Crippen LogP contribution in [0.4, 0.5) is 4.39 Å². The van der Waals surface area contributed by atoms with Crippen molar-refractivity contribution in [2.24, 2.45) is 11.0 Å². The van der Waals surface area contributed by atoms with Gasteiger partial charge in [-0.3, -0.25) is 9.59 Å². The van der Waals surface area contributed by atoms with Crippen LogP contribution in [0.25, 0.3) is 0 Å². The first-order valence-electron chi connectivity index (χ1n) is 9.54. The van der Waals surface area contributed by atoms with E-state index in [4.69, 9.17) is 0 Å². The van der Waals surface area contributed by atoms with Crippen LogP contribution in [-0.4, -0.2) is 49.1 Å². The maximum Gasteiger partial charge on any atom is 0.337 e. The van der Waals surface area contributed by atoms with Gasteiger partial charge in [0, 0.05) is 24.6 Å². The molecule has 7 nitrogen and oxygen atoms in total. The number of piperidine rings is 1. The van der Waals surface area contributed by atoms with Gasteiger partial charge in [0.2, 0.25) is 5.91 Å². The van der Waals surface area contributed by atoms with Gasteiger partial charge in [-0.25, -0.2) is 14.6 Å². The summed E-state index contributed by atoms with van der Waals surface area (Å²) in [6.45, 7) is 0.903. The predicted octanol–water partition coefficient (Wildman–Crippen LogP) is 2.61. The fourth-order valence-electron chi connectivity index (χ4n) is 3.20. The van der Waals surface area contributed by atoms with E-state index in [0.29, 0.717) is 37.1 Å². The molecule has 0 radical (unpaired) electrons. The number of likely N-dealkylation sites (tertiary alicyclic amines) is 1. The van der Waals surface area contributed by atoms with Gasteiger partial charge < -0.3 is 9.64 Å². The number of hydrazone groups is 1. The first kappa shape index (κ1) is 21.2. The first-order valence-corrected chi connectivity index (χ1v) is 9.54. The maximum absolute atomic E-state index is 13.0. The van der Waals surface area contributed by atoms with Crippen LogP contribution in [0.2, 0.25) is 0 Å². The minimum Gasteiger partial charge on any atom is -0.465 e. The van der Waals surface area contributed by atoms with Gasteiger partial charge in [-0.05, 0) is 54.8 Å². The normalized spacial score (nSPS) is 14.5. The SMILES string of the molecule is COC(=O)c1ccc(/C=N\NC(=O)C2CCN(C(=O)c3ccc(F)cc3)CC2)cc1. The van der Waals surface area contributed by atoms with E-state index in [0.717, 1.165) is 5.56 Å². The van der Waals surface area contributed by atoms with Gasteiger partial charge in [-0.2, -0.15) is 5.10 Å². The third-order valence-electron chi connectivity index (χ3n) is 4.96. The number of hydrogen-bond donors (Lipinski definition) is 1. The average Bonchev–Trinajstić information content (AvgIpc) is 2.79. The maximum atomic E-state index is 13.0. The molecule has 2 aromatic carbocycles. The van der Waals surface area contributed by atoms with Crippen molar-refractivity contribution >= 4 is 24.0 Å². The van der Waals surface area contributed by atoms with Crippen LogP contribution in [0.1, 0.15) is 39.1 Å². The van der Waals surface area contributed by atoms with Crippen LogP contribution in [0.15, 0.2) is 53.6 Å². The summed E-state index contributed by atoms with van der Waals surface area (Å²) in [6.07, 6.45) is 2.55. The Labute approximate surface area is 173 Å². The summed E-state index contributed by atoms with van der Waals surface area (Å²) in [5.74, 6) is -1.41. The zero-order valence-electron chi connectivity index (χ0n) is 16.5. The molecule has 8 heteroatoms. The van der Waals surface area contributed by atoms with E-state index in [9.17, 15) is 18.8 Å². The van der Waals surface area contributed by atoms with Crippen LogP contribution < -0.4 is 5.43 Å². The molecule has 156 valence electrons. The molecule has 0 aromatic heterocycles. The minimum absolute atomic E-state index is 0.165. The molecule has 1 N–H and O–H groups in total. The van der Waals surface area contributed by atoms with E-state index in [2.05, 4.69) is 15.3 Å². The quantitative estimate of drug-likeness (QED) is 0.465. The lowest BCUT2D eigenvalue weighted by molar-refractivity contribution is -0.126. The Hall–Kier alpha value is -3.55. The molecule has 2 aromatic rings. The van der Waals surface area contributed by atoms with Crippen LogP contribution in [-0.2, 0) is 9.53 Å². The second-order valence-corrected chi connectivity index (χ2v) is 6.92. The van der Waals surface area contributed by atoms with Gasteiger partial charge in [0.05, 0.1) is 18.9 Å². The Morgan fingerprint density at radius 1 is 1.03 bits per heavy atom. The molecule has 0 atom stereocenters. The van der Waals surface area contributed by atoms with Crippen LogP contribution in [0.3, 0.4) is 0 Å². The lowest BCUT2D eigenvalue weighted by Gasteiger charge is -2.31. The molecule has 0 unspecified atom stereocenters. The Morgan fingerprint density at radius 2 is 1.63 bits per heavy atom. The monoisotopic (exact) mass is 411 g/mol. The fraction of sp³-hybridized carbons (Fsp3) is 0.273. The molecule has 3 rings (SSSR count). The summed E-state index contributed by atoms with van der Waals surface area (Å²) >= 11 is 0. The highest BCUT2D eigenvalue weighted by Crippen LogP contribution is 2.19. The summed E-state index contributed by atoms with van der Waals surface area (Å²) in [5.41, 5.74) is 4.11. The number of rotatable bonds is 5. The smallest absolute Gasteiger partial charge is 0.337 e. The molecule has 0 saturated carbocycles. The minimum atomic E-state index is -0.420. The lowest BCUT2D eigenvalue weighted by Crippen LogP contribution is -2.42. The van der Waals surface area contributed by atoms with Gasteiger partial charge in [-0.15, -0.1) is 0 Å². The molecule has 0 spiro atoms. The zero-order valence-corrected chi connectivity index (χ0v) is 16.5. The second-order valence-electron chi connectivity index (χ2n) is 6.92. The molecule has 1 aliphatic rings. The summed E-state index contributed by atoms with van der Waals surface area (Å²) in [4.78, 5) is 37.9. The Kier molecular flexibility index (Phi) is 6.90. The molecule has 30 heavy (non-hydrogen) atoms. The molecular formula is C22H22FN3O4. The highest BCUT2D eigenvalue weighted by molar-refractivity contribution is 5.94. The number of benzene rings is 2. The van der Waals surface area contributed by atoms with Gasteiger partial charge >= 0.3 is 5.97 Å². The standard InChI is InChI=1S/C22H22FN3O4/c1-30-22(29)18-4-2-15(3-5-18)14-24-25-20(27)16-10-12-26(13-11-16)21(28)17-6-8-19(23)9-7-17/h2-9,14,16H,10-13H2,1H3,(H,25,27)/b24-14-. The van der Waals surface area contributed by atoms with Crippen molar-refractivity contribution in [1.29, 1.82) is 0 Å². The van der Waals surface area contributed by atoms with Crippen molar-refractivity contribution in [2.45, 2.75) is 12.8 Å². The topological polar surface area (TPSA) is 88.1 Å². The molecule has 0 bridgehead atoms. The zero-order chi connectivity index (χ0) is 21.5. The molecule has 2 amide bonds. The van der Waals surface area contributed by atoms with Crippen LogP contribution >= 0.6 is 0 Å². The van der Waals surface area contributed by atoms with E-state index >= 15 is 0 Å². The number of methoxy groups -OCH3 is 1. The predicted molar refractivity (Wildman–Crippen MR) is 109 cm³/mol. The van der Waals surface area contributed by atoms with Gasteiger partial charge in [0.25, 0.3) is 5.91 Å².